The van der Waals surface area contributed by atoms with E-state index in [0.29, 0.717) is 16.5 Å². The zero-order chi connectivity index (χ0) is 14.5. The summed E-state index contributed by atoms with van der Waals surface area (Å²) < 4.78 is 0. The van der Waals surface area contributed by atoms with Crippen LogP contribution in [0.15, 0.2) is 40.3 Å². The minimum atomic E-state index is -0.291. The van der Waals surface area contributed by atoms with Crippen LogP contribution in [0.5, 0.6) is 5.75 Å². The van der Waals surface area contributed by atoms with Gasteiger partial charge in [0.25, 0.3) is 5.56 Å². The number of H-pyrrole nitrogens is 1. The van der Waals surface area contributed by atoms with Crippen LogP contribution in [0.1, 0.15) is 5.69 Å². The topological polar surface area (TPSA) is 95.1 Å². The lowest BCUT2D eigenvalue weighted by atomic mass is 10.3. The van der Waals surface area contributed by atoms with E-state index in [0.717, 1.165) is 11.8 Å². The normalized spacial score (nSPS) is 10.2. The Morgan fingerprint density at radius 2 is 2.20 bits per heavy atom. The fourth-order valence-electron chi connectivity index (χ4n) is 1.52. The smallest absolute Gasteiger partial charge is 0.251 e. The Labute approximate surface area is 119 Å². The van der Waals surface area contributed by atoms with Gasteiger partial charge in [0.1, 0.15) is 5.75 Å². The third-order valence-electron chi connectivity index (χ3n) is 2.37. The average Bonchev–Trinajstić information content (AvgIpc) is 2.38. The molecule has 0 atom stereocenters. The second-order valence-corrected chi connectivity index (χ2v) is 5.01. The molecule has 20 heavy (non-hydrogen) atoms. The molecule has 0 saturated carbocycles. The molecule has 0 spiro atoms. The highest BCUT2D eigenvalue weighted by molar-refractivity contribution is 7.99. The van der Waals surface area contributed by atoms with Crippen molar-refractivity contribution in [2.24, 2.45) is 0 Å². The number of aromatic hydroxyl groups is 1. The molecule has 6 nitrogen and oxygen atoms in total. The van der Waals surface area contributed by atoms with Gasteiger partial charge >= 0.3 is 0 Å². The van der Waals surface area contributed by atoms with Crippen LogP contribution in [-0.4, -0.2) is 26.7 Å². The first-order valence-corrected chi connectivity index (χ1v) is 6.82. The van der Waals surface area contributed by atoms with E-state index in [1.165, 1.54) is 12.1 Å². The molecule has 1 amide bonds. The van der Waals surface area contributed by atoms with E-state index in [9.17, 15) is 14.7 Å². The predicted molar refractivity (Wildman–Crippen MR) is 77.1 cm³/mol. The lowest BCUT2D eigenvalue weighted by molar-refractivity contribution is -0.113. The Balaban J connectivity index is 1.96. The first kappa shape index (κ1) is 14.1. The number of carbonyl (C=O) groups excluding carboxylic acids is 1. The van der Waals surface area contributed by atoms with Crippen molar-refractivity contribution in [3.05, 3.63) is 46.4 Å². The van der Waals surface area contributed by atoms with Gasteiger partial charge in [-0.05, 0) is 19.1 Å². The number of thioether (sulfide) groups is 1. The molecule has 0 bridgehead atoms. The molecule has 104 valence electrons. The maximum atomic E-state index is 11.7. The zero-order valence-electron chi connectivity index (χ0n) is 10.7. The second kappa shape index (κ2) is 6.25. The van der Waals surface area contributed by atoms with Gasteiger partial charge < -0.3 is 15.4 Å². The molecule has 2 aromatic rings. The van der Waals surface area contributed by atoms with E-state index in [-0.39, 0.29) is 23.0 Å². The molecule has 0 fully saturated rings. The summed E-state index contributed by atoms with van der Waals surface area (Å²) in [5.41, 5.74) is 0.697. The Kier molecular flexibility index (Phi) is 4.41. The number of anilines is 1. The molecule has 0 saturated heterocycles. The first-order valence-electron chi connectivity index (χ1n) is 5.83. The van der Waals surface area contributed by atoms with Gasteiger partial charge in [-0.25, -0.2) is 4.98 Å². The first-order chi connectivity index (χ1) is 9.54. The number of carbonyl (C=O) groups is 1. The summed E-state index contributed by atoms with van der Waals surface area (Å²) in [6.07, 6.45) is 0. The van der Waals surface area contributed by atoms with Crippen LogP contribution >= 0.6 is 11.8 Å². The highest BCUT2D eigenvalue weighted by atomic mass is 32.2. The van der Waals surface area contributed by atoms with Gasteiger partial charge in [-0.1, -0.05) is 23.9 Å². The highest BCUT2D eigenvalue weighted by Crippen LogP contribution is 2.22. The lowest BCUT2D eigenvalue weighted by Gasteiger charge is -2.06. The predicted octanol–water partition coefficient (Wildman–Crippen LogP) is 1.51. The molecule has 1 aromatic carbocycles. The lowest BCUT2D eigenvalue weighted by Crippen LogP contribution is -2.15. The summed E-state index contributed by atoms with van der Waals surface area (Å²) in [5, 5.41) is 12.5. The number of benzene rings is 1. The van der Waals surface area contributed by atoms with Crippen molar-refractivity contribution in [1.29, 1.82) is 0 Å². The largest absolute Gasteiger partial charge is 0.506 e. The molecule has 2 rings (SSSR count). The van der Waals surface area contributed by atoms with Gasteiger partial charge in [-0.15, -0.1) is 0 Å². The Hall–Kier alpha value is -2.28. The van der Waals surface area contributed by atoms with Gasteiger partial charge in [0.05, 0.1) is 11.4 Å². The van der Waals surface area contributed by atoms with E-state index in [4.69, 9.17) is 0 Å². The van der Waals surface area contributed by atoms with Gasteiger partial charge in [0, 0.05) is 11.8 Å². The third kappa shape index (κ3) is 3.86. The van der Waals surface area contributed by atoms with E-state index < -0.39 is 0 Å². The van der Waals surface area contributed by atoms with Crippen molar-refractivity contribution in [2.75, 3.05) is 11.1 Å². The van der Waals surface area contributed by atoms with Gasteiger partial charge in [-0.2, -0.15) is 0 Å². The number of rotatable bonds is 4. The molecule has 0 radical (unpaired) electrons. The van der Waals surface area contributed by atoms with Crippen molar-refractivity contribution in [2.45, 2.75) is 12.1 Å². The number of para-hydroxylation sites is 2. The molecule has 0 aliphatic rings. The standard InChI is InChI=1S/C13H13N3O3S/c1-8-6-11(18)16-13(14-8)20-7-12(19)15-9-4-2-3-5-10(9)17/h2-6,17H,7H2,1H3,(H,15,19)(H,14,16,18). The minimum absolute atomic E-state index is 0.00735. The van der Waals surface area contributed by atoms with Gasteiger partial charge in [0.15, 0.2) is 5.16 Å². The van der Waals surface area contributed by atoms with Gasteiger partial charge in [0.2, 0.25) is 5.91 Å². The van der Waals surface area contributed by atoms with E-state index >= 15 is 0 Å². The van der Waals surface area contributed by atoms with Crippen molar-refractivity contribution >= 4 is 23.4 Å². The van der Waals surface area contributed by atoms with Crippen LogP contribution in [0, 0.1) is 6.92 Å². The van der Waals surface area contributed by atoms with E-state index in [1.807, 2.05) is 0 Å². The number of aryl methyl sites for hydroxylation is 1. The fourth-order valence-corrected chi connectivity index (χ4v) is 2.24. The van der Waals surface area contributed by atoms with E-state index in [2.05, 4.69) is 15.3 Å². The molecular formula is C13H13N3O3S. The summed E-state index contributed by atoms with van der Waals surface area (Å²) in [5.74, 6) is -0.200. The second-order valence-electron chi connectivity index (χ2n) is 4.05. The van der Waals surface area contributed by atoms with Crippen LogP contribution in [-0.2, 0) is 4.79 Å². The van der Waals surface area contributed by atoms with Crippen molar-refractivity contribution in [3.8, 4) is 5.75 Å². The van der Waals surface area contributed by atoms with Crippen molar-refractivity contribution < 1.29 is 9.90 Å². The maximum Gasteiger partial charge on any atom is 0.251 e. The monoisotopic (exact) mass is 291 g/mol. The van der Waals surface area contributed by atoms with Crippen molar-refractivity contribution in [1.82, 2.24) is 9.97 Å². The summed E-state index contributed by atoms with van der Waals surface area (Å²) >= 11 is 1.12. The fraction of sp³-hybridized carbons (Fsp3) is 0.154. The number of nitrogens with zero attached hydrogens (tertiary/aromatic N) is 1. The molecule has 0 aliphatic carbocycles. The molecule has 1 heterocycles. The minimum Gasteiger partial charge on any atom is -0.506 e. The molecular weight excluding hydrogens is 278 g/mol. The number of aromatic amines is 1. The van der Waals surface area contributed by atoms with Crippen LogP contribution in [0.3, 0.4) is 0 Å². The number of phenolic OH excluding ortho intramolecular Hbond substituents is 1. The number of nitrogens with one attached hydrogen (secondary N) is 2. The number of phenols is 1. The molecule has 0 aliphatic heterocycles. The summed E-state index contributed by atoms with van der Waals surface area (Å²) in [7, 11) is 0. The maximum absolute atomic E-state index is 11.7. The summed E-state index contributed by atoms with van der Waals surface area (Å²) in [6, 6.07) is 7.85. The van der Waals surface area contributed by atoms with Gasteiger partial charge in [-0.3, -0.25) is 9.59 Å². The van der Waals surface area contributed by atoms with Crippen LogP contribution in [0.2, 0.25) is 0 Å². The van der Waals surface area contributed by atoms with Crippen LogP contribution in [0.25, 0.3) is 0 Å². The van der Waals surface area contributed by atoms with Crippen molar-refractivity contribution in [3.63, 3.8) is 0 Å². The zero-order valence-corrected chi connectivity index (χ0v) is 11.5. The number of amides is 1. The Morgan fingerprint density at radius 1 is 1.45 bits per heavy atom. The van der Waals surface area contributed by atoms with E-state index in [1.54, 1.807) is 25.1 Å². The third-order valence-corrected chi connectivity index (χ3v) is 3.24. The average molecular weight is 291 g/mol. The molecule has 3 N–H and O–H groups in total. The summed E-state index contributed by atoms with van der Waals surface area (Å²) in [4.78, 5) is 29.6. The quantitative estimate of drug-likeness (QED) is 0.451. The molecule has 7 heteroatoms. The van der Waals surface area contributed by atoms with Crippen LogP contribution in [0.4, 0.5) is 5.69 Å². The SMILES string of the molecule is Cc1cc(=O)[nH]c(SCC(=O)Nc2ccccc2O)n1. The number of hydrogen-bond acceptors (Lipinski definition) is 5. The summed E-state index contributed by atoms with van der Waals surface area (Å²) in [6.45, 7) is 1.71. The number of hydrogen-bond donors (Lipinski definition) is 3. The molecule has 0 unspecified atom stereocenters. The highest BCUT2D eigenvalue weighted by Gasteiger charge is 2.07. The Bertz CT molecular complexity index is 685. The van der Waals surface area contributed by atoms with Crippen LogP contribution < -0.4 is 10.9 Å². The molecule has 1 aromatic heterocycles. The number of aromatic nitrogens is 2. The Morgan fingerprint density at radius 3 is 2.90 bits per heavy atom.